The van der Waals surface area contributed by atoms with Crippen LogP contribution in [0.15, 0.2) is 78.9 Å². The number of rotatable bonds is 3. The maximum absolute atomic E-state index is 13.3. The molecule has 0 saturated carbocycles. The van der Waals surface area contributed by atoms with E-state index in [0.717, 1.165) is 27.8 Å². The van der Waals surface area contributed by atoms with E-state index >= 15 is 0 Å². The van der Waals surface area contributed by atoms with Crippen molar-refractivity contribution >= 4 is 10.8 Å². The molecule has 0 atom stereocenters. The van der Waals surface area contributed by atoms with Gasteiger partial charge in [-0.3, -0.25) is 0 Å². The third-order valence-corrected chi connectivity index (χ3v) is 4.78. The molecular formula is C25H22FNO. The van der Waals surface area contributed by atoms with Gasteiger partial charge in [0.25, 0.3) is 0 Å². The normalized spacial score (nSPS) is 11.6. The standard InChI is InChI=1S/C25H22FNO/c1-25(2,3)19-10-14-21(15-11-19)28-24-22-7-5-4-6-18(22)16-23(27-24)17-8-12-20(26)13-9-17/h4-16H,1-3H3. The molecule has 0 amide bonds. The van der Waals surface area contributed by atoms with E-state index in [1.54, 1.807) is 12.1 Å². The zero-order valence-electron chi connectivity index (χ0n) is 16.2. The Morgan fingerprint density at radius 1 is 0.821 bits per heavy atom. The van der Waals surface area contributed by atoms with Crippen molar-refractivity contribution in [1.82, 2.24) is 4.98 Å². The third-order valence-electron chi connectivity index (χ3n) is 4.78. The Balaban J connectivity index is 1.76. The number of benzene rings is 3. The van der Waals surface area contributed by atoms with E-state index < -0.39 is 0 Å². The van der Waals surface area contributed by atoms with Crippen LogP contribution in [-0.4, -0.2) is 4.98 Å². The highest BCUT2D eigenvalue weighted by Gasteiger charge is 2.14. The average Bonchev–Trinajstić information content (AvgIpc) is 2.68. The molecule has 1 heterocycles. The Labute approximate surface area is 164 Å². The molecule has 28 heavy (non-hydrogen) atoms. The van der Waals surface area contributed by atoms with Crippen LogP contribution in [0, 0.1) is 5.82 Å². The summed E-state index contributed by atoms with van der Waals surface area (Å²) in [4.78, 5) is 4.72. The fourth-order valence-electron chi connectivity index (χ4n) is 3.15. The van der Waals surface area contributed by atoms with Gasteiger partial charge < -0.3 is 4.74 Å². The van der Waals surface area contributed by atoms with E-state index in [1.165, 1.54) is 17.7 Å². The molecule has 0 radical (unpaired) electrons. The van der Waals surface area contributed by atoms with Crippen molar-refractivity contribution in [1.29, 1.82) is 0 Å². The summed E-state index contributed by atoms with van der Waals surface area (Å²) in [6.45, 7) is 6.55. The van der Waals surface area contributed by atoms with Gasteiger partial charge in [-0.25, -0.2) is 9.37 Å². The second kappa shape index (κ2) is 7.08. The second-order valence-electron chi connectivity index (χ2n) is 7.92. The van der Waals surface area contributed by atoms with Crippen LogP contribution in [-0.2, 0) is 5.41 Å². The van der Waals surface area contributed by atoms with Gasteiger partial charge in [-0.2, -0.15) is 0 Å². The molecule has 3 heteroatoms. The van der Waals surface area contributed by atoms with Crippen molar-refractivity contribution < 1.29 is 9.13 Å². The van der Waals surface area contributed by atoms with Crippen LogP contribution >= 0.6 is 0 Å². The van der Waals surface area contributed by atoms with Crippen LogP contribution in [0.5, 0.6) is 11.6 Å². The predicted octanol–water partition coefficient (Wildman–Crippen LogP) is 7.13. The van der Waals surface area contributed by atoms with Gasteiger partial charge in [0.15, 0.2) is 0 Å². The smallest absolute Gasteiger partial charge is 0.227 e. The quantitative estimate of drug-likeness (QED) is 0.382. The number of pyridine rings is 1. The van der Waals surface area contributed by atoms with Gasteiger partial charge in [-0.1, -0.05) is 51.1 Å². The van der Waals surface area contributed by atoms with Crippen molar-refractivity contribution in [3.05, 3.63) is 90.2 Å². The highest BCUT2D eigenvalue weighted by molar-refractivity contribution is 5.90. The molecule has 0 spiro atoms. The first-order chi connectivity index (χ1) is 13.4. The summed E-state index contributed by atoms with van der Waals surface area (Å²) in [5.74, 6) is 1.02. The summed E-state index contributed by atoms with van der Waals surface area (Å²) < 4.78 is 19.5. The topological polar surface area (TPSA) is 22.1 Å². The lowest BCUT2D eigenvalue weighted by atomic mass is 9.87. The summed E-state index contributed by atoms with van der Waals surface area (Å²) in [6, 6.07) is 24.4. The molecule has 0 N–H and O–H groups in total. The van der Waals surface area contributed by atoms with Gasteiger partial charge in [-0.15, -0.1) is 0 Å². The van der Waals surface area contributed by atoms with E-state index in [4.69, 9.17) is 9.72 Å². The summed E-state index contributed by atoms with van der Waals surface area (Å²) in [7, 11) is 0. The van der Waals surface area contributed by atoms with E-state index in [1.807, 2.05) is 42.5 Å². The third kappa shape index (κ3) is 3.74. The fraction of sp³-hybridized carbons (Fsp3) is 0.160. The lowest BCUT2D eigenvalue weighted by Gasteiger charge is -2.19. The van der Waals surface area contributed by atoms with Crippen molar-refractivity contribution in [3.8, 4) is 22.9 Å². The van der Waals surface area contributed by atoms with E-state index in [-0.39, 0.29) is 11.2 Å². The fourth-order valence-corrected chi connectivity index (χ4v) is 3.15. The lowest BCUT2D eigenvalue weighted by molar-refractivity contribution is 0.469. The average molecular weight is 371 g/mol. The highest BCUT2D eigenvalue weighted by atomic mass is 19.1. The van der Waals surface area contributed by atoms with Crippen molar-refractivity contribution in [2.75, 3.05) is 0 Å². The largest absolute Gasteiger partial charge is 0.438 e. The van der Waals surface area contributed by atoms with E-state index in [9.17, 15) is 4.39 Å². The van der Waals surface area contributed by atoms with Gasteiger partial charge in [-0.05, 0) is 64.9 Å². The predicted molar refractivity (Wildman–Crippen MR) is 112 cm³/mol. The maximum Gasteiger partial charge on any atom is 0.227 e. The van der Waals surface area contributed by atoms with Crippen LogP contribution in [0.25, 0.3) is 22.0 Å². The number of nitrogens with zero attached hydrogens (tertiary/aromatic N) is 1. The summed E-state index contributed by atoms with van der Waals surface area (Å²) in [6.07, 6.45) is 0. The van der Waals surface area contributed by atoms with Gasteiger partial charge in [0.1, 0.15) is 11.6 Å². The summed E-state index contributed by atoms with van der Waals surface area (Å²) in [5, 5.41) is 1.96. The molecule has 0 unspecified atom stereocenters. The van der Waals surface area contributed by atoms with E-state index in [0.29, 0.717) is 5.88 Å². The zero-order valence-corrected chi connectivity index (χ0v) is 16.2. The van der Waals surface area contributed by atoms with Crippen LogP contribution in [0.1, 0.15) is 26.3 Å². The van der Waals surface area contributed by atoms with Crippen LogP contribution in [0.2, 0.25) is 0 Å². The Hall–Kier alpha value is -3.20. The molecular weight excluding hydrogens is 349 g/mol. The van der Waals surface area contributed by atoms with Gasteiger partial charge in [0, 0.05) is 10.9 Å². The maximum atomic E-state index is 13.3. The minimum atomic E-state index is -0.264. The number of halogens is 1. The number of aromatic nitrogens is 1. The molecule has 4 aromatic rings. The van der Waals surface area contributed by atoms with Crippen LogP contribution in [0.4, 0.5) is 4.39 Å². The zero-order chi connectivity index (χ0) is 19.7. The van der Waals surface area contributed by atoms with Crippen molar-refractivity contribution in [3.63, 3.8) is 0 Å². The van der Waals surface area contributed by atoms with Crippen molar-refractivity contribution in [2.24, 2.45) is 0 Å². The first-order valence-corrected chi connectivity index (χ1v) is 9.34. The summed E-state index contributed by atoms with van der Waals surface area (Å²) >= 11 is 0. The molecule has 0 bridgehead atoms. The molecule has 0 aliphatic carbocycles. The Morgan fingerprint density at radius 3 is 2.18 bits per heavy atom. The molecule has 0 aliphatic rings. The van der Waals surface area contributed by atoms with Gasteiger partial charge in [0.2, 0.25) is 5.88 Å². The first kappa shape index (κ1) is 18.2. The molecule has 140 valence electrons. The van der Waals surface area contributed by atoms with Gasteiger partial charge in [0.05, 0.1) is 5.69 Å². The molecule has 0 saturated heterocycles. The number of ether oxygens (including phenoxy) is 1. The molecule has 1 aromatic heterocycles. The number of hydrogen-bond acceptors (Lipinski definition) is 2. The molecule has 2 nitrogen and oxygen atoms in total. The molecule has 3 aromatic carbocycles. The van der Waals surface area contributed by atoms with E-state index in [2.05, 4.69) is 32.9 Å². The number of hydrogen-bond donors (Lipinski definition) is 0. The molecule has 4 rings (SSSR count). The first-order valence-electron chi connectivity index (χ1n) is 9.34. The summed E-state index contributed by atoms with van der Waals surface area (Å²) in [5.41, 5.74) is 2.93. The minimum absolute atomic E-state index is 0.0893. The second-order valence-corrected chi connectivity index (χ2v) is 7.92. The van der Waals surface area contributed by atoms with Crippen molar-refractivity contribution in [2.45, 2.75) is 26.2 Å². The van der Waals surface area contributed by atoms with Crippen LogP contribution in [0.3, 0.4) is 0 Å². The lowest BCUT2D eigenvalue weighted by Crippen LogP contribution is -2.10. The monoisotopic (exact) mass is 371 g/mol. The van der Waals surface area contributed by atoms with Crippen LogP contribution < -0.4 is 4.74 Å². The Kier molecular flexibility index (Phi) is 4.60. The number of fused-ring (bicyclic) bond motifs is 1. The molecule has 0 aliphatic heterocycles. The Morgan fingerprint density at radius 2 is 1.50 bits per heavy atom. The highest BCUT2D eigenvalue weighted by Crippen LogP contribution is 2.33. The molecule has 0 fully saturated rings. The Bertz CT molecular complexity index is 1110. The van der Waals surface area contributed by atoms with Gasteiger partial charge >= 0.3 is 0 Å². The minimum Gasteiger partial charge on any atom is -0.438 e. The SMILES string of the molecule is CC(C)(C)c1ccc(Oc2nc(-c3ccc(F)cc3)cc3ccccc23)cc1.